The van der Waals surface area contributed by atoms with E-state index in [-0.39, 0.29) is 34.3 Å². The Morgan fingerprint density at radius 1 is 0.950 bits per heavy atom. The Kier molecular flexibility index (Phi) is 10.5. The molecule has 0 radical (unpaired) electrons. The molecule has 5 rings (SSSR count). The fraction of sp³-hybridized carbons (Fsp3) is 0.303. The van der Waals surface area contributed by atoms with E-state index >= 15 is 0 Å². The molecule has 0 aromatic heterocycles. The molecule has 0 amide bonds. The van der Waals surface area contributed by atoms with Gasteiger partial charge in [-0.05, 0) is 56.2 Å². The molecule has 1 aliphatic carbocycles. The molecule has 7 heteroatoms. The summed E-state index contributed by atoms with van der Waals surface area (Å²) in [7, 11) is 0. The van der Waals surface area contributed by atoms with Crippen LogP contribution in [0, 0.1) is 5.92 Å². The van der Waals surface area contributed by atoms with Crippen molar-refractivity contribution < 1.29 is 31.5 Å². The molecule has 1 saturated heterocycles. The molecule has 3 atom stereocenters. The fourth-order valence-electron chi connectivity index (χ4n) is 5.55. The van der Waals surface area contributed by atoms with Crippen LogP contribution in [-0.2, 0) is 27.8 Å². The van der Waals surface area contributed by atoms with E-state index in [1.807, 2.05) is 84.9 Å². The van der Waals surface area contributed by atoms with Gasteiger partial charge in [-0.15, -0.1) is 0 Å². The van der Waals surface area contributed by atoms with Crippen LogP contribution < -0.4 is 5.11 Å². The first-order chi connectivity index (χ1) is 19.1. The quantitative estimate of drug-likeness (QED) is 0.160. The van der Waals surface area contributed by atoms with Crippen LogP contribution in [0.3, 0.4) is 0 Å². The van der Waals surface area contributed by atoms with Crippen molar-refractivity contribution >= 4 is 23.3 Å². The standard InChI is InChI=1S/C33H35N3O3.Ni/c37-32(29-21-12-22-36(29)23-24-13-4-1-5-14-24)34-28-20-11-10-19-27(28)30(25-15-6-2-7-16-25)35-31(33(38)39)26-17-8-3-9-18-26;/h1-2,4-8,10-11,13-17,19-20,26,29,31H,3,9,12,18,21-23H2,(H,34,37)(H,38,39);/q;+2/p-1. The summed E-state index contributed by atoms with van der Waals surface area (Å²) in [5, 5.41) is 23.7. The average molecular weight is 579 g/mol. The molecule has 1 heterocycles. The molecular weight excluding hydrogens is 545 g/mol. The third-order valence-electron chi connectivity index (χ3n) is 7.53. The SMILES string of the molecule is O=C(O)C(N=C(c1ccccc1)c1ccccc1N=C([O-])C1CCCN1Cc1ccccc1)C1C=CCCC1.[Ni+2]. The number of aliphatic carboxylic acids is 1. The van der Waals surface area contributed by atoms with Crippen LogP contribution in [0.2, 0.25) is 0 Å². The van der Waals surface area contributed by atoms with Gasteiger partial charge in [0.25, 0.3) is 0 Å². The molecule has 1 fully saturated rings. The van der Waals surface area contributed by atoms with Gasteiger partial charge in [0, 0.05) is 29.6 Å². The minimum Gasteiger partial charge on any atom is -0.861 e. The van der Waals surface area contributed by atoms with Gasteiger partial charge >= 0.3 is 22.5 Å². The Hall–Kier alpha value is -3.54. The maximum Gasteiger partial charge on any atom is 2.00 e. The Balaban J connectivity index is 0.00000370. The molecule has 208 valence electrons. The van der Waals surface area contributed by atoms with Gasteiger partial charge < -0.3 is 10.2 Å². The number of rotatable bonds is 9. The van der Waals surface area contributed by atoms with E-state index in [0.29, 0.717) is 23.5 Å². The molecule has 3 aromatic carbocycles. The normalized spacial score (nSPS) is 20.6. The van der Waals surface area contributed by atoms with E-state index in [2.05, 4.69) is 22.0 Å². The zero-order valence-corrected chi connectivity index (χ0v) is 23.3. The fourth-order valence-corrected chi connectivity index (χ4v) is 5.55. The zero-order chi connectivity index (χ0) is 27.0. The molecule has 3 unspecified atom stereocenters. The number of aliphatic imine (C=N–C) groups is 2. The largest absolute Gasteiger partial charge is 2.00 e. The molecule has 3 aromatic rings. The molecule has 6 nitrogen and oxygen atoms in total. The minimum atomic E-state index is -0.951. The molecule has 0 bridgehead atoms. The number of carbonyl (C=O) groups is 1. The van der Waals surface area contributed by atoms with E-state index in [0.717, 1.165) is 44.2 Å². The van der Waals surface area contributed by atoms with Gasteiger partial charge in [-0.3, -0.25) is 14.9 Å². The summed E-state index contributed by atoms with van der Waals surface area (Å²) >= 11 is 0. The van der Waals surface area contributed by atoms with Crippen LogP contribution in [-0.4, -0.2) is 46.2 Å². The Labute approximate surface area is 246 Å². The average Bonchev–Trinajstić information content (AvgIpc) is 3.44. The maximum atomic E-state index is 13.6. The number of para-hydroxylation sites is 1. The third-order valence-corrected chi connectivity index (χ3v) is 7.53. The molecule has 0 spiro atoms. The summed E-state index contributed by atoms with van der Waals surface area (Å²) in [5.41, 5.74) is 3.69. The number of nitrogens with zero attached hydrogens (tertiary/aromatic N) is 3. The second kappa shape index (κ2) is 14.2. The van der Waals surface area contributed by atoms with Crippen molar-refractivity contribution in [2.24, 2.45) is 15.9 Å². The first-order valence-electron chi connectivity index (χ1n) is 13.8. The van der Waals surface area contributed by atoms with Gasteiger partial charge in [0.1, 0.15) is 0 Å². The van der Waals surface area contributed by atoms with E-state index in [1.54, 1.807) is 0 Å². The molecule has 40 heavy (non-hydrogen) atoms. The first-order valence-corrected chi connectivity index (χ1v) is 13.8. The smallest absolute Gasteiger partial charge is 0.861 e. The maximum absolute atomic E-state index is 13.6. The number of allylic oxidation sites excluding steroid dienone is 1. The monoisotopic (exact) mass is 578 g/mol. The van der Waals surface area contributed by atoms with Crippen LogP contribution in [0.5, 0.6) is 0 Å². The first kappa shape index (κ1) is 29.4. The zero-order valence-electron chi connectivity index (χ0n) is 22.3. The van der Waals surface area contributed by atoms with Crippen molar-refractivity contribution in [3.05, 3.63) is 114 Å². The second-order valence-corrected chi connectivity index (χ2v) is 10.2. The topological polar surface area (TPSA) is 88.3 Å². The Morgan fingerprint density at radius 2 is 1.65 bits per heavy atom. The van der Waals surface area contributed by atoms with Crippen molar-refractivity contribution in [3.63, 3.8) is 0 Å². The second-order valence-electron chi connectivity index (χ2n) is 10.2. The minimum absolute atomic E-state index is 0. The van der Waals surface area contributed by atoms with Gasteiger partial charge in [-0.25, -0.2) is 4.79 Å². The van der Waals surface area contributed by atoms with Gasteiger partial charge in [-0.2, -0.15) is 0 Å². The van der Waals surface area contributed by atoms with E-state index < -0.39 is 12.0 Å². The summed E-state index contributed by atoms with van der Waals surface area (Å²) in [6, 6.07) is 26.0. The summed E-state index contributed by atoms with van der Waals surface area (Å²) in [4.78, 5) is 24.1. The van der Waals surface area contributed by atoms with Crippen molar-refractivity contribution in [1.82, 2.24) is 4.90 Å². The number of hydrogen-bond acceptors (Lipinski definition) is 5. The number of carboxylic acids is 1. The predicted molar refractivity (Wildman–Crippen MR) is 153 cm³/mol. The number of hydrogen-bond donors (Lipinski definition) is 1. The summed E-state index contributed by atoms with van der Waals surface area (Å²) in [6.45, 7) is 1.56. The Morgan fingerprint density at radius 3 is 2.35 bits per heavy atom. The molecule has 1 N–H and O–H groups in total. The van der Waals surface area contributed by atoms with E-state index in [9.17, 15) is 15.0 Å². The Bertz CT molecular complexity index is 1360. The van der Waals surface area contributed by atoms with E-state index in [4.69, 9.17) is 4.99 Å². The van der Waals surface area contributed by atoms with Crippen molar-refractivity contribution in [3.8, 4) is 0 Å². The summed E-state index contributed by atoms with van der Waals surface area (Å²) in [6.07, 6.45) is 8.44. The van der Waals surface area contributed by atoms with E-state index in [1.165, 1.54) is 5.56 Å². The van der Waals surface area contributed by atoms with Gasteiger partial charge in [0.2, 0.25) is 0 Å². The van der Waals surface area contributed by atoms with Crippen LogP contribution >= 0.6 is 0 Å². The predicted octanol–water partition coefficient (Wildman–Crippen LogP) is 5.39. The van der Waals surface area contributed by atoms with Crippen LogP contribution in [0.25, 0.3) is 0 Å². The number of likely N-dealkylation sites (tertiary alicyclic amines) is 1. The molecular formula is C33H34N3NiO3+. The van der Waals surface area contributed by atoms with Crippen LogP contribution in [0.15, 0.2) is 107 Å². The van der Waals surface area contributed by atoms with Crippen molar-refractivity contribution in [2.75, 3.05) is 6.54 Å². The van der Waals surface area contributed by atoms with Crippen molar-refractivity contribution in [2.45, 2.75) is 50.7 Å². The van der Waals surface area contributed by atoms with Crippen molar-refractivity contribution in [1.29, 1.82) is 0 Å². The van der Waals surface area contributed by atoms with Gasteiger partial charge in [0.15, 0.2) is 6.04 Å². The molecule has 1 aliphatic heterocycles. The van der Waals surface area contributed by atoms with Gasteiger partial charge in [-0.1, -0.05) is 91.0 Å². The van der Waals surface area contributed by atoms with Crippen LogP contribution in [0.1, 0.15) is 48.8 Å². The summed E-state index contributed by atoms with van der Waals surface area (Å²) in [5.74, 6) is -1.30. The summed E-state index contributed by atoms with van der Waals surface area (Å²) < 4.78 is 0. The number of carboxylic acid groups (broad SMARTS) is 1. The molecule has 0 saturated carbocycles. The van der Waals surface area contributed by atoms with Gasteiger partial charge in [0.05, 0.1) is 11.4 Å². The number of benzene rings is 3. The molecule has 2 aliphatic rings. The van der Waals surface area contributed by atoms with Crippen LogP contribution in [0.4, 0.5) is 5.69 Å². The third kappa shape index (κ3) is 7.15.